The predicted molar refractivity (Wildman–Crippen MR) is 81.5 cm³/mol. The Bertz CT molecular complexity index is 659. The van der Waals surface area contributed by atoms with Gasteiger partial charge in [-0.25, -0.2) is 0 Å². The van der Waals surface area contributed by atoms with Gasteiger partial charge < -0.3 is 0 Å². The highest BCUT2D eigenvalue weighted by atomic mass is 35.5. The van der Waals surface area contributed by atoms with Crippen molar-refractivity contribution in [3.8, 4) is 0 Å². The van der Waals surface area contributed by atoms with Crippen molar-refractivity contribution in [1.82, 2.24) is 9.78 Å². The van der Waals surface area contributed by atoms with Gasteiger partial charge in [0, 0.05) is 12.6 Å². The summed E-state index contributed by atoms with van der Waals surface area (Å²) < 4.78 is 1.71. The van der Waals surface area contributed by atoms with Crippen LogP contribution < -0.4 is 0 Å². The van der Waals surface area contributed by atoms with Crippen molar-refractivity contribution in [3.63, 3.8) is 0 Å². The standard InChI is InChI=1S/C16H19ClN2O/c1-5-13-16(17)14(19(4)18-13)9-15(20)12-8-6-7-10(2)11(12)3/h6-8H,5,9H2,1-4H3. The van der Waals surface area contributed by atoms with E-state index >= 15 is 0 Å². The van der Waals surface area contributed by atoms with Gasteiger partial charge in [-0.05, 0) is 31.4 Å². The van der Waals surface area contributed by atoms with Crippen LogP contribution in [0.2, 0.25) is 5.02 Å². The van der Waals surface area contributed by atoms with E-state index in [1.54, 1.807) is 4.68 Å². The minimum Gasteiger partial charge on any atom is -0.294 e. The van der Waals surface area contributed by atoms with E-state index in [-0.39, 0.29) is 12.2 Å². The number of hydrogen-bond donors (Lipinski definition) is 0. The Morgan fingerprint density at radius 2 is 2.05 bits per heavy atom. The van der Waals surface area contributed by atoms with Crippen LogP contribution in [-0.2, 0) is 19.9 Å². The topological polar surface area (TPSA) is 34.9 Å². The lowest BCUT2D eigenvalue weighted by Gasteiger charge is -2.08. The zero-order valence-electron chi connectivity index (χ0n) is 12.3. The van der Waals surface area contributed by atoms with Crippen LogP contribution in [0.5, 0.6) is 0 Å². The van der Waals surface area contributed by atoms with Crippen LogP contribution in [0.4, 0.5) is 0 Å². The molecule has 3 nitrogen and oxygen atoms in total. The van der Waals surface area contributed by atoms with Crippen molar-refractivity contribution < 1.29 is 4.79 Å². The van der Waals surface area contributed by atoms with Crippen LogP contribution in [0, 0.1) is 13.8 Å². The first-order valence-electron chi connectivity index (χ1n) is 6.75. The molecular formula is C16H19ClN2O. The van der Waals surface area contributed by atoms with E-state index in [1.807, 2.05) is 46.0 Å². The van der Waals surface area contributed by atoms with Crippen molar-refractivity contribution >= 4 is 17.4 Å². The molecule has 0 aliphatic heterocycles. The zero-order chi connectivity index (χ0) is 14.9. The number of hydrogen-bond acceptors (Lipinski definition) is 2. The van der Waals surface area contributed by atoms with Crippen molar-refractivity contribution in [2.45, 2.75) is 33.6 Å². The molecule has 1 aromatic carbocycles. The van der Waals surface area contributed by atoms with Crippen LogP contribution >= 0.6 is 11.6 Å². The average Bonchev–Trinajstić information content (AvgIpc) is 2.69. The number of Topliss-reactive ketones (excluding diaryl/α,β-unsaturated/α-hetero) is 1. The van der Waals surface area contributed by atoms with Gasteiger partial charge in [0.1, 0.15) is 0 Å². The molecule has 1 heterocycles. The Morgan fingerprint density at radius 1 is 1.35 bits per heavy atom. The normalized spacial score (nSPS) is 10.8. The van der Waals surface area contributed by atoms with Gasteiger partial charge in [0.2, 0.25) is 0 Å². The zero-order valence-corrected chi connectivity index (χ0v) is 13.1. The summed E-state index contributed by atoms with van der Waals surface area (Å²) in [6, 6.07) is 5.80. The van der Waals surface area contributed by atoms with Gasteiger partial charge in [-0.2, -0.15) is 5.10 Å². The molecular weight excluding hydrogens is 272 g/mol. The van der Waals surface area contributed by atoms with Crippen LogP contribution in [-0.4, -0.2) is 15.6 Å². The molecule has 0 aliphatic carbocycles. The molecule has 0 amide bonds. The highest BCUT2D eigenvalue weighted by Crippen LogP contribution is 2.23. The molecule has 2 rings (SSSR count). The summed E-state index contributed by atoms with van der Waals surface area (Å²) in [4.78, 5) is 12.5. The monoisotopic (exact) mass is 290 g/mol. The van der Waals surface area contributed by atoms with Crippen molar-refractivity contribution in [2.75, 3.05) is 0 Å². The number of halogens is 1. The number of aryl methyl sites for hydroxylation is 3. The molecule has 106 valence electrons. The lowest BCUT2D eigenvalue weighted by atomic mass is 9.98. The SMILES string of the molecule is CCc1nn(C)c(CC(=O)c2cccc(C)c2C)c1Cl. The van der Waals surface area contributed by atoms with Crippen molar-refractivity contribution in [3.05, 3.63) is 51.3 Å². The molecule has 0 bridgehead atoms. The van der Waals surface area contributed by atoms with Crippen LogP contribution in [0.25, 0.3) is 0 Å². The van der Waals surface area contributed by atoms with Gasteiger partial charge in [-0.1, -0.05) is 36.7 Å². The van der Waals surface area contributed by atoms with Gasteiger partial charge in [0.15, 0.2) is 5.78 Å². The lowest BCUT2D eigenvalue weighted by molar-refractivity contribution is 0.0990. The quantitative estimate of drug-likeness (QED) is 0.805. The number of aromatic nitrogens is 2. The summed E-state index contributed by atoms with van der Waals surface area (Å²) in [5.74, 6) is 0.0822. The number of carbonyl (C=O) groups is 1. The van der Waals surface area contributed by atoms with Gasteiger partial charge >= 0.3 is 0 Å². The molecule has 0 unspecified atom stereocenters. The summed E-state index contributed by atoms with van der Waals surface area (Å²) >= 11 is 6.30. The molecule has 0 aliphatic rings. The van der Waals surface area contributed by atoms with E-state index in [1.165, 1.54) is 0 Å². The fourth-order valence-corrected chi connectivity index (χ4v) is 2.67. The third-order valence-corrected chi connectivity index (χ3v) is 4.17. The second-order valence-electron chi connectivity index (χ2n) is 5.03. The van der Waals surface area contributed by atoms with Crippen LogP contribution in [0.15, 0.2) is 18.2 Å². The minimum absolute atomic E-state index is 0.0822. The van der Waals surface area contributed by atoms with E-state index in [4.69, 9.17) is 11.6 Å². The highest BCUT2D eigenvalue weighted by molar-refractivity contribution is 6.32. The van der Waals surface area contributed by atoms with Crippen molar-refractivity contribution in [1.29, 1.82) is 0 Å². The Hall–Kier alpha value is -1.61. The summed E-state index contributed by atoms with van der Waals surface area (Å²) in [5.41, 5.74) is 4.56. The molecule has 4 heteroatoms. The minimum atomic E-state index is 0.0822. The van der Waals surface area contributed by atoms with E-state index in [9.17, 15) is 4.79 Å². The number of rotatable bonds is 4. The third-order valence-electron chi connectivity index (χ3n) is 3.74. The largest absolute Gasteiger partial charge is 0.294 e. The summed E-state index contributed by atoms with van der Waals surface area (Å²) in [6.45, 7) is 5.99. The van der Waals surface area contributed by atoms with E-state index in [0.717, 1.165) is 34.5 Å². The highest BCUT2D eigenvalue weighted by Gasteiger charge is 2.18. The maximum Gasteiger partial charge on any atom is 0.169 e. The number of carbonyl (C=O) groups excluding carboxylic acids is 1. The average molecular weight is 291 g/mol. The first kappa shape index (κ1) is 14.8. The van der Waals surface area contributed by atoms with Gasteiger partial charge in [-0.3, -0.25) is 9.48 Å². The first-order chi connectivity index (χ1) is 9.45. The number of benzene rings is 1. The Kier molecular flexibility index (Phi) is 4.29. The maximum atomic E-state index is 12.5. The Morgan fingerprint density at radius 3 is 2.65 bits per heavy atom. The molecule has 0 spiro atoms. The first-order valence-corrected chi connectivity index (χ1v) is 7.13. The molecule has 1 aromatic heterocycles. The number of ketones is 1. The van der Waals surface area contributed by atoms with Crippen LogP contribution in [0.3, 0.4) is 0 Å². The molecule has 0 atom stereocenters. The van der Waals surface area contributed by atoms with Crippen molar-refractivity contribution in [2.24, 2.45) is 7.05 Å². The summed E-state index contributed by atoms with van der Waals surface area (Å²) in [6.07, 6.45) is 1.05. The lowest BCUT2D eigenvalue weighted by Crippen LogP contribution is -2.10. The maximum absolute atomic E-state index is 12.5. The smallest absolute Gasteiger partial charge is 0.169 e. The third kappa shape index (κ3) is 2.63. The molecule has 2 aromatic rings. The second-order valence-corrected chi connectivity index (χ2v) is 5.41. The van der Waals surface area contributed by atoms with Gasteiger partial charge in [-0.15, -0.1) is 0 Å². The molecule has 0 saturated carbocycles. The molecule has 0 radical (unpaired) electrons. The van der Waals surface area contributed by atoms with E-state index < -0.39 is 0 Å². The molecule has 0 fully saturated rings. The van der Waals surface area contributed by atoms with Crippen LogP contribution in [0.1, 0.15) is 39.8 Å². The predicted octanol–water partition coefficient (Wildman–Crippen LogP) is 3.68. The molecule has 20 heavy (non-hydrogen) atoms. The Balaban J connectivity index is 2.33. The summed E-state index contributed by atoms with van der Waals surface area (Å²) in [5, 5.41) is 4.97. The molecule has 0 N–H and O–H groups in total. The second kappa shape index (κ2) is 5.80. The number of nitrogens with zero attached hydrogens (tertiary/aromatic N) is 2. The summed E-state index contributed by atoms with van der Waals surface area (Å²) in [7, 11) is 1.83. The van der Waals surface area contributed by atoms with Gasteiger partial charge in [0.05, 0.1) is 22.8 Å². The molecule has 0 saturated heterocycles. The van der Waals surface area contributed by atoms with E-state index in [2.05, 4.69) is 5.10 Å². The van der Waals surface area contributed by atoms with E-state index in [0.29, 0.717) is 5.02 Å². The fraction of sp³-hybridized carbons (Fsp3) is 0.375. The Labute approximate surface area is 124 Å². The fourth-order valence-electron chi connectivity index (χ4n) is 2.31. The van der Waals surface area contributed by atoms with Gasteiger partial charge in [0.25, 0.3) is 0 Å².